The summed E-state index contributed by atoms with van der Waals surface area (Å²) in [4.78, 5) is 23.7. The smallest absolute Gasteiger partial charge is 0.331 e. The van der Waals surface area contributed by atoms with Gasteiger partial charge in [-0.15, -0.1) is 0 Å². The number of nitrogens with zero attached hydrogens (tertiary/aromatic N) is 1. The number of hydrogen-bond acceptors (Lipinski definition) is 6. The van der Waals surface area contributed by atoms with Crippen molar-refractivity contribution in [2.45, 2.75) is 30.7 Å². The minimum atomic E-state index is -3.55. The Morgan fingerprint density at radius 3 is 2.52 bits per heavy atom. The van der Waals surface area contributed by atoms with Crippen LogP contribution in [-0.4, -0.2) is 63.6 Å². The van der Waals surface area contributed by atoms with Crippen LogP contribution in [0.2, 0.25) is 0 Å². The van der Waals surface area contributed by atoms with Gasteiger partial charge in [0.15, 0.2) is 6.61 Å². The number of carbonyl (C=O) groups is 2. The van der Waals surface area contributed by atoms with Crippen molar-refractivity contribution in [1.82, 2.24) is 9.62 Å². The number of benzene rings is 1. The second-order valence-corrected chi connectivity index (χ2v) is 9.16. The van der Waals surface area contributed by atoms with Gasteiger partial charge >= 0.3 is 5.97 Å². The molecule has 2 aliphatic rings. The monoisotopic (exact) mass is 422 g/mol. The van der Waals surface area contributed by atoms with Crippen LogP contribution in [0.4, 0.5) is 0 Å². The maximum absolute atomic E-state index is 12.6. The van der Waals surface area contributed by atoms with E-state index in [1.54, 1.807) is 12.1 Å². The lowest BCUT2D eigenvalue weighted by Gasteiger charge is -2.26. The van der Waals surface area contributed by atoms with Crippen molar-refractivity contribution in [2.75, 3.05) is 32.9 Å². The SMILES string of the molecule is C[C@H](NC(=O)COC(=O)/C=C/c1ccc(S(=O)(=O)N2CCOCC2)cc1)C1CC1. The first-order valence-electron chi connectivity index (χ1n) is 9.68. The number of rotatable bonds is 8. The van der Waals surface area contributed by atoms with Crippen LogP contribution in [0, 0.1) is 5.92 Å². The molecule has 1 aliphatic heterocycles. The number of esters is 1. The highest BCUT2D eigenvalue weighted by Gasteiger charge is 2.29. The molecule has 0 aromatic heterocycles. The molecule has 1 aliphatic carbocycles. The van der Waals surface area contributed by atoms with Gasteiger partial charge in [-0.2, -0.15) is 4.31 Å². The predicted octanol–water partition coefficient (Wildman–Crippen LogP) is 1.18. The van der Waals surface area contributed by atoms with Gasteiger partial charge in [-0.05, 0) is 49.5 Å². The standard InChI is InChI=1S/C20H26N2O6S/c1-15(17-5-6-17)21-19(23)14-28-20(24)9-4-16-2-7-18(8-3-16)29(25,26)22-10-12-27-13-11-22/h2-4,7-9,15,17H,5-6,10-14H2,1H3,(H,21,23)/b9-4+/t15-/m0/s1. The fourth-order valence-corrected chi connectivity index (χ4v) is 4.45. The molecular formula is C20H26N2O6S. The van der Waals surface area contributed by atoms with Gasteiger partial charge in [-0.25, -0.2) is 13.2 Å². The Morgan fingerprint density at radius 1 is 1.24 bits per heavy atom. The van der Waals surface area contributed by atoms with Crippen molar-refractivity contribution in [1.29, 1.82) is 0 Å². The first-order chi connectivity index (χ1) is 13.9. The Bertz CT molecular complexity index is 855. The van der Waals surface area contributed by atoms with Crippen LogP contribution in [0.5, 0.6) is 0 Å². The number of sulfonamides is 1. The Balaban J connectivity index is 1.48. The molecule has 1 aromatic rings. The average molecular weight is 423 g/mol. The highest BCUT2D eigenvalue weighted by molar-refractivity contribution is 7.89. The van der Waals surface area contributed by atoms with Crippen LogP contribution in [0.25, 0.3) is 6.08 Å². The zero-order chi connectivity index (χ0) is 20.9. The summed E-state index contributed by atoms with van der Waals surface area (Å²) in [6.45, 7) is 3.07. The second kappa shape index (κ2) is 9.51. The highest BCUT2D eigenvalue weighted by Crippen LogP contribution is 2.32. The number of hydrogen-bond donors (Lipinski definition) is 1. The van der Waals surface area contributed by atoms with Gasteiger partial charge in [0.05, 0.1) is 18.1 Å². The van der Waals surface area contributed by atoms with Gasteiger partial charge < -0.3 is 14.8 Å². The van der Waals surface area contributed by atoms with Gasteiger partial charge in [0.25, 0.3) is 5.91 Å². The summed E-state index contributed by atoms with van der Waals surface area (Å²) >= 11 is 0. The quantitative estimate of drug-likeness (QED) is 0.499. The van der Waals surface area contributed by atoms with E-state index in [1.165, 1.54) is 28.6 Å². The van der Waals surface area contributed by atoms with Crippen molar-refractivity contribution in [2.24, 2.45) is 5.92 Å². The Kier molecular flexibility index (Phi) is 7.05. The minimum absolute atomic E-state index is 0.101. The maximum Gasteiger partial charge on any atom is 0.331 e. The van der Waals surface area contributed by atoms with Gasteiger partial charge in [0, 0.05) is 25.2 Å². The summed E-state index contributed by atoms with van der Waals surface area (Å²) in [5, 5.41) is 2.81. The number of amides is 1. The summed E-state index contributed by atoms with van der Waals surface area (Å²) in [7, 11) is -3.55. The molecule has 29 heavy (non-hydrogen) atoms. The Hall–Kier alpha value is -2.23. The number of morpholine rings is 1. The molecule has 1 saturated heterocycles. The third-order valence-corrected chi connectivity index (χ3v) is 6.88. The molecule has 1 amide bonds. The van der Waals surface area contributed by atoms with E-state index >= 15 is 0 Å². The van der Waals surface area contributed by atoms with Gasteiger partial charge in [-0.1, -0.05) is 12.1 Å². The molecule has 0 spiro atoms. The number of ether oxygens (including phenoxy) is 2. The van der Waals surface area contributed by atoms with E-state index in [0.717, 1.165) is 12.8 Å². The predicted molar refractivity (Wildman–Crippen MR) is 106 cm³/mol. The average Bonchev–Trinajstić information content (AvgIpc) is 3.57. The summed E-state index contributed by atoms with van der Waals surface area (Å²) in [6, 6.07) is 6.33. The minimum Gasteiger partial charge on any atom is -0.452 e. The third kappa shape index (κ3) is 6.12. The van der Waals surface area contributed by atoms with Crippen molar-refractivity contribution in [3.05, 3.63) is 35.9 Å². The molecule has 0 unspecified atom stereocenters. The summed E-state index contributed by atoms with van der Waals surface area (Å²) in [5.74, 6) is -0.419. The van der Waals surface area contributed by atoms with Gasteiger partial charge in [0.2, 0.25) is 10.0 Å². The lowest BCUT2D eigenvalue weighted by Crippen LogP contribution is -2.40. The molecule has 1 N–H and O–H groups in total. The summed E-state index contributed by atoms with van der Waals surface area (Å²) in [6.07, 6.45) is 4.97. The fraction of sp³-hybridized carbons (Fsp3) is 0.500. The lowest BCUT2D eigenvalue weighted by atomic mass is 10.2. The molecule has 1 saturated carbocycles. The van der Waals surface area contributed by atoms with E-state index in [-0.39, 0.29) is 23.5 Å². The van der Waals surface area contributed by atoms with Crippen LogP contribution in [0.1, 0.15) is 25.3 Å². The normalized spacial score (nSPS) is 19.1. The van der Waals surface area contributed by atoms with Crippen molar-refractivity contribution in [3.8, 4) is 0 Å². The van der Waals surface area contributed by atoms with Crippen LogP contribution in [0.15, 0.2) is 35.2 Å². The van der Waals surface area contributed by atoms with Crippen molar-refractivity contribution in [3.63, 3.8) is 0 Å². The van der Waals surface area contributed by atoms with E-state index in [4.69, 9.17) is 9.47 Å². The zero-order valence-corrected chi connectivity index (χ0v) is 17.2. The number of nitrogens with one attached hydrogen (secondary N) is 1. The molecule has 1 heterocycles. The molecule has 3 rings (SSSR count). The van der Waals surface area contributed by atoms with Gasteiger partial charge in [-0.3, -0.25) is 4.79 Å². The number of carbonyl (C=O) groups excluding carboxylic acids is 2. The van der Waals surface area contributed by atoms with Crippen LogP contribution in [-0.2, 0) is 29.1 Å². The van der Waals surface area contributed by atoms with Crippen LogP contribution < -0.4 is 5.32 Å². The lowest BCUT2D eigenvalue weighted by molar-refractivity contribution is -0.144. The Morgan fingerprint density at radius 2 is 1.90 bits per heavy atom. The summed E-state index contributed by atoms with van der Waals surface area (Å²) in [5.41, 5.74) is 0.648. The second-order valence-electron chi connectivity index (χ2n) is 7.22. The maximum atomic E-state index is 12.6. The van der Waals surface area contributed by atoms with Crippen molar-refractivity contribution < 1.29 is 27.5 Å². The zero-order valence-electron chi connectivity index (χ0n) is 16.4. The van der Waals surface area contributed by atoms with Crippen LogP contribution in [0.3, 0.4) is 0 Å². The van der Waals surface area contributed by atoms with E-state index in [0.29, 0.717) is 37.8 Å². The summed E-state index contributed by atoms with van der Waals surface area (Å²) < 4.78 is 36.7. The molecule has 8 nitrogen and oxygen atoms in total. The third-order valence-electron chi connectivity index (χ3n) is 4.96. The highest BCUT2D eigenvalue weighted by atomic mass is 32.2. The van der Waals surface area contributed by atoms with E-state index in [1.807, 2.05) is 6.92 Å². The molecule has 158 valence electrons. The Labute approximate surface area is 170 Å². The van der Waals surface area contributed by atoms with Gasteiger partial charge in [0.1, 0.15) is 0 Å². The molecule has 1 aromatic carbocycles. The topological polar surface area (TPSA) is 102 Å². The first kappa shape index (κ1) is 21.5. The molecule has 1 atom stereocenters. The molecule has 2 fully saturated rings. The molecule has 0 radical (unpaired) electrons. The van der Waals surface area contributed by atoms with E-state index in [2.05, 4.69) is 5.32 Å². The fourth-order valence-electron chi connectivity index (χ4n) is 3.05. The van der Waals surface area contributed by atoms with Crippen LogP contribution >= 0.6 is 0 Å². The molecule has 0 bridgehead atoms. The first-order valence-corrected chi connectivity index (χ1v) is 11.1. The van der Waals surface area contributed by atoms with E-state index in [9.17, 15) is 18.0 Å². The van der Waals surface area contributed by atoms with Crippen molar-refractivity contribution >= 4 is 28.0 Å². The molecule has 9 heteroatoms. The molecular weight excluding hydrogens is 396 g/mol. The van der Waals surface area contributed by atoms with E-state index < -0.39 is 16.0 Å². The largest absolute Gasteiger partial charge is 0.452 e.